The summed E-state index contributed by atoms with van der Waals surface area (Å²) in [5, 5.41) is 4.35. The molecule has 0 amide bonds. The van der Waals surface area contributed by atoms with Crippen molar-refractivity contribution in [3.8, 4) is 66.8 Å². The molecule has 0 saturated carbocycles. The number of hydrogen-bond acceptors (Lipinski definition) is 2. The summed E-state index contributed by atoms with van der Waals surface area (Å²) >= 11 is 0. The topological polar surface area (TPSA) is 26.3 Å². The lowest BCUT2D eigenvalue weighted by Crippen LogP contribution is -2.15. The summed E-state index contributed by atoms with van der Waals surface area (Å²) in [4.78, 5) is 0. The fraction of sp³-hybridized carbons (Fsp3) is 0.0508. The molecule has 0 atom stereocenters. The van der Waals surface area contributed by atoms with Crippen molar-refractivity contribution < 1.29 is 8.83 Å². The number of rotatable bonds is 4. The fourth-order valence-corrected chi connectivity index (χ4v) is 10.4. The van der Waals surface area contributed by atoms with E-state index in [2.05, 4.69) is 202 Å². The maximum atomic E-state index is 6.81. The van der Waals surface area contributed by atoms with Crippen molar-refractivity contribution in [2.24, 2.45) is 0 Å². The van der Waals surface area contributed by atoms with Gasteiger partial charge in [0.05, 0.1) is 0 Å². The Labute approximate surface area is 353 Å². The van der Waals surface area contributed by atoms with Gasteiger partial charge in [-0.25, -0.2) is 0 Å². The SMILES string of the molecule is C=C1c2cc(-c3ccccc3)ccc2-c2ccc(-c3cccc4c3oc3cc5oc6c(-c7ccc8c(c7)C(C)(C)c7cc(-c9ccccc9)ccc7-8)cccc6c5cc34)cc21. The van der Waals surface area contributed by atoms with Crippen molar-refractivity contribution >= 4 is 49.5 Å². The lowest BCUT2D eigenvalue weighted by atomic mass is 9.81. The summed E-state index contributed by atoms with van der Waals surface area (Å²) in [6.07, 6.45) is 0. The number of hydrogen-bond donors (Lipinski definition) is 0. The van der Waals surface area contributed by atoms with E-state index < -0.39 is 0 Å². The van der Waals surface area contributed by atoms with E-state index in [9.17, 15) is 0 Å². The third-order valence-electron chi connectivity index (χ3n) is 13.6. The Morgan fingerprint density at radius 1 is 0.328 bits per heavy atom. The zero-order chi connectivity index (χ0) is 40.6. The fourth-order valence-electron chi connectivity index (χ4n) is 10.4. The van der Waals surface area contributed by atoms with Crippen LogP contribution >= 0.6 is 0 Å². The van der Waals surface area contributed by atoms with Crippen LogP contribution < -0.4 is 0 Å². The number of furan rings is 2. The standard InChI is InChI=1S/C59H38O2/c1-34-49-28-37(35-12-6-4-7-13-35)20-24-43(49)44-25-22-39(29-50(34)44)41-16-10-18-47-51-32-52-48-19-11-17-42(58(48)61-56(52)33-55(51)60-57(41)47)40-23-27-46-45-26-21-38(36-14-8-5-9-15-36)30-53(45)59(2,3)54(46)31-40/h4-33H,1H2,2-3H3. The van der Waals surface area contributed by atoms with Crippen LogP contribution in [0.15, 0.2) is 197 Å². The van der Waals surface area contributed by atoms with Crippen LogP contribution in [-0.4, -0.2) is 0 Å². The summed E-state index contributed by atoms with van der Waals surface area (Å²) in [5.41, 5.74) is 23.8. The van der Waals surface area contributed by atoms with Crippen LogP contribution in [0.4, 0.5) is 0 Å². The number of fused-ring (bicyclic) bond motifs is 12. The predicted molar refractivity (Wildman–Crippen MR) is 254 cm³/mol. The average molecular weight is 779 g/mol. The quantitative estimate of drug-likeness (QED) is 0.178. The molecule has 61 heavy (non-hydrogen) atoms. The first-order valence-electron chi connectivity index (χ1n) is 21.1. The first-order chi connectivity index (χ1) is 29.9. The molecule has 2 heterocycles. The van der Waals surface area contributed by atoms with Gasteiger partial charge in [0.25, 0.3) is 0 Å². The summed E-state index contributed by atoms with van der Waals surface area (Å²) in [6, 6.07) is 65.9. The normalized spacial score (nSPS) is 13.6. The van der Waals surface area contributed by atoms with Crippen LogP contribution in [0.25, 0.3) is 116 Å². The molecule has 9 aromatic carbocycles. The Bertz CT molecular complexity index is 3670. The van der Waals surface area contributed by atoms with E-state index in [0.717, 1.165) is 71.7 Å². The summed E-state index contributed by atoms with van der Waals surface area (Å²) < 4.78 is 13.6. The van der Waals surface area contributed by atoms with Crippen LogP contribution in [0.1, 0.15) is 36.1 Å². The Morgan fingerprint density at radius 2 is 0.770 bits per heavy atom. The lowest BCUT2D eigenvalue weighted by molar-refractivity contribution is 0.656. The molecule has 2 heteroatoms. The van der Waals surface area contributed by atoms with Crippen LogP contribution in [-0.2, 0) is 5.41 Å². The van der Waals surface area contributed by atoms with Crippen molar-refractivity contribution in [2.75, 3.05) is 0 Å². The van der Waals surface area contributed by atoms with E-state index in [0.29, 0.717) is 0 Å². The zero-order valence-electron chi connectivity index (χ0n) is 33.8. The predicted octanol–water partition coefficient (Wildman–Crippen LogP) is 16.5. The van der Waals surface area contributed by atoms with Gasteiger partial charge in [0, 0.05) is 44.2 Å². The molecule has 0 N–H and O–H groups in total. The molecule has 0 radical (unpaired) electrons. The van der Waals surface area contributed by atoms with Crippen molar-refractivity contribution in [2.45, 2.75) is 19.3 Å². The molecule has 13 rings (SSSR count). The van der Waals surface area contributed by atoms with Gasteiger partial charge < -0.3 is 8.83 Å². The van der Waals surface area contributed by atoms with Crippen LogP contribution in [0, 0.1) is 0 Å². The first kappa shape index (κ1) is 34.2. The molecule has 2 aliphatic carbocycles. The second kappa shape index (κ2) is 12.4. The van der Waals surface area contributed by atoms with E-state index in [-0.39, 0.29) is 5.41 Å². The van der Waals surface area contributed by atoms with Crippen molar-refractivity contribution in [1.82, 2.24) is 0 Å². The molecule has 2 aromatic heterocycles. The van der Waals surface area contributed by atoms with E-state index in [1.807, 2.05) is 0 Å². The highest BCUT2D eigenvalue weighted by Gasteiger charge is 2.36. The van der Waals surface area contributed by atoms with Crippen molar-refractivity contribution in [3.63, 3.8) is 0 Å². The molecule has 2 nitrogen and oxygen atoms in total. The van der Waals surface area contributed by atoms with E-state index in [1.54, 1.807) is 0 Å². The van der Waals surface area contributed by atoms with Gasteiger partial charge in [0.15, 0.2) is 0 Å². The summed E-state index contributed by atoms with van der Waals surface area (Å²) in [6.45, 7) is 9.29. The average Bonchev–Trinajstić information content (AvgIpc) is 4.01. The maximum absolute atomic E-state index is 6.81. The highest BCUT2D eigenvalue weighted by Crippen LogP contribution is 2.52. The Balaban J connectivity index is 0.875. The lowest BCUT2D eigenvalue weighted by Gasteiger charge is -2.22. The number of benzene rings is 9. The molecule has 0 aliphatic heterocycles. The van der Waals surface area contributed by atoms with Gasteiger partial charge in [-0.2, -0.15) is 0 Å². The smallest absolute Gasteiger partial charge is 0.143 e. The van der Waals surface area contributed by atoms with Gasteiger partial charge in [0.1, 0.15) is 22.3 Å². The molecule has 0 fully saturated rings. The maximum Gasteiger partial charge on any atom is 0.143 e. The largest absolute Gasteiger partial charge is 0.455 e. The van der Waals surface area contributed by atoms with Gasteiger partial charge in [-0.1, -0.05) is 166 Å². The highest BCUT2D eigenvalue weighted by molar-refractivity contribution is 6.18. The minimum absolute atomic E-state index is 0.150. The Hall–Kier alpha value is -7.68. The third-order valence-corrected chi connectivity index (χ3v) is 13.6. The second-order valence-electron chi connectivity index (χ2n) is 17.3. The molecule has 0 spiro atoms. The molecular formula is C59H38O2. The number of para-hydroxylation sites is 2. The molecule has 0 bridgehead atoms. The minimum Gasteiger partial charge on any atom is -0.455 e. The molecule has 11 aromatic rings. The van der Waals surface area contributed by atoms with Crippen molar-refractivity contribution in [3.05, 3.63) is 211 Å². The first-order valence-corrected chi connectivity index (χ1v) is 21.1. The van der Waals surface area contributed by atoms with Gasteiger partial charge in [0.2, 0.25) is 0 Å². The molecule has 2 aliphatic rings. The summed E-state index contributed by atoms with van der Waals surface area (Å²) in [5.74, 6) is 0. The van der Waals surface area contributed by atoms with E-state index in [4.69, 9.17) is 8.83 Å². The highest BCUT2D eigenvalue weighted by atomic mass is 16.3. The second-order valence-corrected chi connectivity index (χ2v) is 17.3. The van der Waals surface area contributed by atoms with E-state index in [1.165, 1.54) is 66.8 Å². The van der Waals surface area contributed by atoms with Gasteiger partial charge in [-0.05, 0) is 114 Å². The monoisotopic (exact) mass is 778 g/mol. The molecule has 0 saturated heterocycles. The minimum atomic E-state index is -0.150. The molecule has 0 unspecified atom stereocenters. The van der Waals surface area contributed by atoms with E-state index >= 15 is 0 Å². The van der Waals surface area contributed by atoms with Crippen LogP contribution in [0.2, 0.25) is 0 Å². The van der Waals surface area contributed by atoms with Gasteiger partial charge >= 0.3 is 0 Å². The third kappa shape index (κ3) is 4.91. The molecular weight excluding hydrogens is 741 g/mol. The summed E-state index contributed by atoms with van der Waals surface area (Å²) in [7, 11) is 0. The molecule has 286 valence electrons. The van der Waals surface area contributed by atoms with Crippen molar-refractivity contribution in [1.29, 1.82) is 0 Å². The Morgan fingerprint density at radius 3 is 1.31 bits per heavy atom. The zero-order valence-corrected chi connectivity index (χ0v) is 33.8. The van der Waals surface area contributed by atoms with Gasteiger partial charge in [-0.15, -0.1) is 0 Å². The van der Waals surface area contributed by atoms with Crippen LogP contribution in [0.5, 0.6) is 0 Å². The Kier molecular flexibility index (Phi) is 6.97. The van der Waals surface area contributed by atoms with Gasteiger partial charge in [-0.3, -0.25) is 0 Å². The van der Waals surface area contributed by atoms with Crippen LogP contribution in [0.3, 0.4) is 0 Å².